The lowest BCUT2D eigenvalue weighted by Crippen LogP contribution is -2.43. The fraction of sp³-hybridized carbons (Fsp3) is 0.533. The average Bonchev–Trinajstić information content (AvgIpc) is 2.44. The van der Waals surface area contributed by atoms with Gasteiger partial charge in [-0.25, -0.2) is 0 Å². The van der Waals surface area contributed by atoms with Crippen LogP contribution in [0.25, 0.3) is 0 Å². The highest BCUT2D eigenvalue weighted by Gasteiger charge is 2.26. The molecule has 3 nitrogen and oxygen atoms in total. The van der Waals surface area contributed by atoms with Gasteiger partial charge in [0, 0.05) is 24.9 Å². The Morgan fingerprint density at radius 2 is 2.32 bits per heavy atom. The van der Waals surface area contributed by atoms with Crippen LogP contribution in [0.1, 0.15) is 30.9 Å². The van der Waals surface area contributed by atoms with E-state index in [1.807, 2.05) is 23.9 Å². The summed E-state index contributed by atoms with van der Waals surface area (Å²) in [7, 11) is 0. The number of amides is 1. The van der Waals surface area contributed by atoms with Gasteiger partial charge in [-0.1, -0.05) is 31.2 Å². The zero-order valence-corrected chi connectivity index (χ0v) is 12.4. The summed E-state index contributed by atoms with van der Waals surface area (Å²) in [6.45, 7) is 5.81. The Labute approximate surface area is 119 Å². The summed E-state index contributed by atoms with van der Waals surface area (Å²) in [6.07, 6.45) is 0. The molecule has 0 spiro atoms. The summed E-state index contributed by atoms with van der Waals surface area (Å²) >= 11 is 1.86. The maximum Gasteiger partial charge on any atom is 0.229 e. The number of carbonyl (C=O) groups excluding carboxylic acids is 1. The summed E-state index contributed by atoms with van der Waals surface area (Å²) in [5.74, 6) is 2.15. The molecule has 2 N–H and O–H groups in total. The van der Waals surface area contributed by atoms with Crippen molar-refractivity contribution >= 4 is 17.7 Å². The molecule has 0 bridgehead atoms. The molecule has 1 amide bonds. The number of thioether (sulfide) groups is 1. The molecular formula is C15H22N2OS. The van der Waals surface area contributed by atoms with Crippen molar-refractivity contribution in [3.8, 4) is 0 Å². The Balaban J connectivity index is 2.00. The fourth-order valence-electron chi connectivity index (χ4n) is 2.41. The third-order valence-electron chi connectivity index (χ3n) is 3.37. The van der Waals surface area contributed by atoms with Gasteiger partial charge in [-0.3, -0.25) is 4.79 Å². The van der Waals surface area contributed by atoms with Crippen LogP contribution in [0.4, 0.5) is 0 Å². The van der Waals surface area contributed by atoms with E-state index in [2.05, 4.69) is 36.6 Å². The second-order valence-electron chi connectivity index (χ2n) is 4.95. The van der Waals surface area contributed by atoms with Crippen molar-refractivity contribution in [1.29, 1.82) is 0 Å². The Morgan fingerprint density at radius 1 is 1.53 bits per heavy atom. The first kappa shape index (κ1) is 14.4. The van der Waals surface area contributed by atoms with Crippen molar-refractivity contribution < 1.29 is 4.79 Å². The molecular weight excluding hydrogens is 256 g/mol. The smallest absolute Gasteiger partial charge is 0.229 e. The van der Waals surface area contributed by atoms with Crippen molar-refractivity contribution in [2.24, 2.45) is 0 Å². The Bertz CT molecular complexity index is 436. The van der Waals surface area contributed by atoms with Gasteiger partial charge in [0.15, 0.2) is 0 Å². The molecule has 2 rings (SSSR count). The molecule has 0 radical (unpaired) electrons. The highest BCUT2D eigenvalue weighted by molar-refractivity contribution is 7.99. The minimum Gasteiger partial charge on any atom is -0.352 e. The van der Waals surface area contributed by atoms with Crippen LogP contribution in [0.2, 0.25) is 0 Å². The summed E-state index contributed by atoms with van der Waals surface area (Å²) in [4.78, 5) is 12.4. The summed E-state index contributed by atoms with van der Waals surface area (Å²) in [5, 5.41) is 6.45. The lowest BCUT2D eigenvalue weighted by Gasteiger charge is -2.26. The molecule has 4 heteroatoms. The predicted molar refractivity (Wildman–Crippen MR) is 81.5 cm³/mol. The quantitative estimate of drug-likeness (QED) is 0.867. The van der Waals surface area contributed by atoms with Crippen molar-refractivity contribution in [2.45, 2.75) is 32.4 Å². The standard InChI is InChI=1S/C15H22N2OS/c1-3-19-10-11(2)17-15(18)14-9-16-8-12-6-4-5-7-13(12)14/h4-7,11,14,16H,3,8-10H2,1-2H3,(H,17,18). The van der Waals surface area contributed by atoms with Crippen molar-refractivity contribution in [3.05, 3.63) is 35.4 Å². The summed E-state index contributed by atoms with van der Waals surface area (Å²) < 4.78 is 0. The number of fused-ring (bicyclic) bond motifs is 1. The lowest BCUT2D eigenvalue weighted by atomic mass is 9.90. The van der Waals surface area contributed by atoms with Crippen LogP contribution >= 0.6 is 11.8 Å². The van der Waals surface area contributed by atoms with E-state index in [4.69, 9.17) is 0 Å². The van der Waals surface area contributed by atoms with Gasteiger partial charge in [0.25, 0.3) is 0 Å². The van der Waals surface area contributed by atoms with E-state index in [-0.39, 0.29) is 17.9 Å². The SMILES string of the molecule is CCSCC(C)NC(=O)C1CNCc2ccccc21. The Kier molecular flexibility index (Phi) is 5.28. The topological polar surface area (TPSA) is 41.1 Å². The van der Waals surface area contributed by atoms with E-state index in [0.717, 1.165) is 24.6 Å². The van der Waals surface area contributed by atoms with Crippen LogP contribution in [0.5, 0.6) is 0 Å². The summed E-state index contributed by atoms with van der Waals surface area (Å²) in [5.41, 5.74) is 2.42. The molecule has 104 valence electrons. The number of benzene rings is 1. The maximum absolute atomic E-state index is 12.4. The minimum atomic E-state index is -0.0565. The minimum absolute atomic E-state index is 0.0565. The van der Waals surface area contributed by atoms with Crippen LogP contribution in [0.3, 0.4) is 0 Å². The molecule has 1 aliphatic rings. The third kappa shape index (κ3) is 3.74. The first-order chi connectivity index (χ1) is 9.22. The molecule has 1 aromatic carbocycles. The molecule has 0 fully saturated rings. The highest BCUT2D eigenvalue weighted by Crippen LogP contribution is 2.24. The van der Waals surface area contributed by atoms with E-state index in [0.29, 0.717) is 0 Å². The first-order valence-electron chi connectivity index (χ1n) is 6.89. The molecule has 0 saturated heterocycles. The van der Waals surface area contributed by atoms with Crippen molar-refractivity contribution in [1.82, 2.24) is 10.6 Å². The molecule has 1 aliphatic heterocycles. The normalized spacial score (nSPS) is 19.6. The molecule has 2 unspecified atom stereocenters. The van der Waals surface area contributed by atoms with Crippen LogP contribution in [0, 0.1) is 0 Å². The van der Waals surface area contributed by atoms with Gasteiger partial charge in [0.1, 0.15) is 0 Å². The number of rotatable bonds is 5. The van der Waals surface area contributed by atoms with E-state index < -0.39 is 0 Å². The molecule has 0 aliphatic carbocycles. The second kappa shape index (κ2) is 6.96. The van der Waals surface area contributed by atoms with Crippen LogP contribution in [0.15, 0.2) is 24.3 Å². The van der Waals surface area contributed by atoms with E-state index in [1.165, 1.54) is 11.1 Å². The molecule has 2 atom stereocenters. The van der Waals surface area contributed by atoms with Gasteiger partial charge in [0.2, 0.25) is 5.91 Å². The maximum atomic E-state index is 12.4. The zero-order valence-electron chi connectivity index (χ0n) is 11.6. The van der Waals surface area contributed by atoms with Gasteiger partial charge < -0.3 is 10.6 Å². The first-order valence-corrected chi connectivity index (χ1v) is 8.04. The number of hydrogen-bond donors (Lipinski definition) is 2. The van der Waals surface area contributed by atoms with E-state index >= 15 is 0 Å². The molecule has 0 saturated carbocycles. The molecule has 1 heterocycles. The van der Waals surface area contributed by atoms with Crippen LogP contribution < -0.4 is 10.6 Å². The van der Waals surface area contributed by atoms with Crippen LogP contribution in [-0.2, 0) is 11.3 Å². The van der Waals surface area contributed by atoms with Gasteiger partial charge in [-0.05, 0) is 23.8 Å². The van der Waals surface area contributed by atoms with Gasteiger partial charge >= 0.3 is 0 Å². The number of nitrogens with one attached hydrogen (secondary N) is 2. The summed E-state index contributed by atoms with van der Waals surface area (Å²) in [6, 6.07) is 8.44. The van der Waals surface area contributed by atoms with E-state index in [1.54, 1.807) is 0 Å². The van der Waals surface area contributed by atoms with Gasteiger partial charge in [-0.15, -0.1) is 0 Å². The van der Waals surface area contributed by atoms with Gasteiger partial charge in [0.05, 0.1) is 5.92 Å². The molecule has 0 aromatic heterocycles. The van der Waals surface area contributed by atoms with Crippen molar-refractivity contribution in [2.75, 3.05) is 18.1 Å². The van der Waals surface area contributed by atoms with Crippen molar-refractivity contribution in [3.63, 3.8) is 0 Å². The fourth-order valence-corrected chi connectivity index (χ4v) is 3.08. The Hall–Kier alpha value is -1.00. The van der Waals surface area contributed by atoms with Gasteiger partial charge in [-0.2, -0.15) is 11.8 Å². The number of carbonyl (C=O) groups is 1. The third-order valence-corrected chi connectivity index (χ3v) is 4.52. The molecule has 19 heavy (non-hydrogen) atoms. The molecule has 1 aromatic rings. The predicted octanol–water partition coefficient (Wildman–Crippen LogP) is 2.13. The lowest BCUT2D eigenvalue weighted by molar-refractivity contribution is -0.123. The zero-order chi connectivity index (χ0) is 13.7. The van der Waals surface area contributed by atoms with E-state index in [9.17, 15) is 4.79 Å². The largest absolute Gasteiger partial charge is 0.352 e. The van der Waals surface area contributed by atoms with Crippen LogP contribution in [-0.4, -0.2) is 30.0 Å². The highest BCUT2D eigenvalue weighted by atomic mass is 32.2. The monoisotopic (exact) mass is 278 g/mol. The second-order valence-corrected chi connectivity index (χ2v) is 6.27. The number of hydrogen-bond acceptors (Lipinski definition) is 3. The Morgan fingerprint density at radius 3 is 3.11 bits per heavy atom. The average molecular weight is 278 g/mol.